The Kier molecular flexibility index (Phi) is 1.35. The zero-order valence-electron chi connectivity index (χ0n) is 5.54. The van der Waals surface area contributed by atoms with Crippen LogP contribution in [-0.2, 0) is 0 Å². The van der Waals surface area contributed by atoms with Gasteiger partial charge >= 0.3 is 0 Å². The van der Waals surface area contributed by atoms with Crippen molar-refractivity contribution in [3.8, 4) is 0 Å². The number of H-pyrrole nitrogens is 1. The molecule has 2 rings (SSSR count). The molecular formula is C7H5BrN2O. The summed E-state index contributed by atoms with van der Waals surface area (Å²) in [5, 5.41) is 0. The third-order valence-electron chi connectivity index (χ3n) is 1.54. The number of fused-ring (bicyclic) bond motifs is 1. The maximum atomic E-state index is 11.1. The molecule has 1 N–H and O–H groups in total. The first-order valence-corrected chi connectivity index (χ1v) is 3.92. The van der Waals surface area contributed by atoms with Gasteiger partial charge in [-0.25, -0.2) is 0 Å². The van der Waals surface area contributed by atoms with Gasteiger partial charge in [0.25, 0.3) is 5.56 Å². The van der Waals surface area contributed by atoms with Gasteiger partial charge in [-0.15, -0.1) is 0 Å². The minimum atomic E-state index is -0.0711. The SMILES string of the molecule is O=c1[nH]ccn2c(Br)ccc12. The van der Waals surface area contributed by atoms with Crippen LogP contribution in [0.25, 0.3) is 5.52 Å². The third kappa shape index (κ3) is 0.903. The van der Waals surface area contributed by atoms with Gasteiger partial charge in [-0.3, -0.25) is 4.79 Å². The van der Waals surface area contributed by atoms with E-state index in [2.05, 4.69) is 20.9 Å². The fourth-order valence-corrected chi connectivity index (χ4v) is 1.46. The Morgan fingerprint density at radius 2 is 2.27 bits per heavy atom. The van der Waals surface area contributed by atoms with E-state index in [9.17, 15) is 4.79 Å². The molecule has 0 atom stereocenters. The molecule has 0 saturated carbocycles. The first kappa shape index (κ1) is 6.67. The summed E-state index contributed by atoms with van der Waals surface area (Å²) >= 11 is 3.31. The van der Waals surface area contributed by atoms with Gasteiger partial charge in [0.2, 0.25) is 0 Å². The Morgan fingerprint density at radius 1 is 1.45 bits per heavy atom. The molecule has 56 valence electrons. The topological polar surface area (TPSA) is 37.3 Å². The standard InChI is InChI=1S/C7H5BrN2O/c8-6-2-1-5-7(11)9-3-4-10(5)6/h1-4H,(H,9,11). The van der Waals surface area contributed by atoms with E-state index in [-0.39, 0.29) is 5.56 Å². The summed E-state index contributed by atoms with van der Waals surface area (Å²) in [4.78, 5) is 13.7. The van der Waals surface area contributed by atoms with E-state index in [1.165, 1.54) is 0 Å². The van der Waals surface area contributed by atoms with Crippen molar-refractivity contribution < 1.29 is 0 Å². The molecule has 0 bridgehead atoms. The lowest BCUT2D eigenvalue weighted by Gasteiger charge is -1.92. The van der Waals surface area contributed by atoms with Crippen molar-refractivity contribution >= 4 is 21.4 Å². The van der Waals surface area contributed by atoms with Crippen LogP contribution in [0.15, 0.2) is 33.9 Å². The molecule has 0 fully saturated rings. The van der Waals surface area contributed by atoms with E-state index < -0.39 is 0 Å². The predicted molar refractivity (Wildman–Crippen MR) is 45.7 cm³/mol. The summed E-state index contributed by atoms with van der Waals surface area (Å²) in [5.41, 5.74) is 0.581. The highest BCUT2D eigenvalue weighted by atomic mass is 79.9. The van der Waals surface area contributed by atoms with Crippen molar-refractivity contribution in [3.05, 3.63) is 39.5 Å². The summed E-state index contributed by atoms with van der Waals surface area (Å²) in [6.45, 7) is 0. The van der Waals surface area contributed by atoms with Gasteiger partial charge in [-0.1, -0.05) is 0 Å². The zero-order valence-corrected chi connectivity index (χ0v) is 7.13. The molecule has 0 aliphatic rings. The van der Waals surface area contributed by atoms with Crippen molar-refractivity contribution in [2.45, 2.75) is 0 Å². The predicted octanol–water partition coefficient (Wildman–Crippen LogP) is 1.39. The van der Waals surface area contributed by atoms with E-state index in [0.29, 0.717) is 5.52 Å². The first-order valence-electron chi connectivity index (χ1n) is 3.13. The van der Waals surface area contributed by atoms with Crippen LogP contribution >= 0.6 is 15.9 Å². The zero-order chi connectivity index (χ0) is 7.84. The summed E-state index contributed by atoms with van der Waals surface area (Å²) < 4.78 is 2.66. The molecular weight excluding hydrogens is 208 g/mol. The first-order chi connectivity index (χ1) is 5.29. The van der Waals surface area contributed by atoms with Crippen LogP contribution < -0.4 is 5.56 Å². The van der Waals surface area contributed by atoms with Crippen molar-refractivity contribution in [3.63, 3.8) is 0 Å². The van der Waals surface area contributed by atoms with Gasteiger partial charge in [0.1, 0.15) is 5.52 Å². The highest BCUT2D eigenvalue weighted by Crippen LogP contribution is 2.11. The lowest BCUT2D eigenvalue weighted by Crippen LogP contribution is -2.06. The molecule has 0 saturated heterocycles. The molecule has 0 amide bonds. The Hall–Kier alpha value is -1.03. The Balaban J connectivity index is 3.06. The van der Waals surface area contributed by atoms with Gasteiger partial charge in [-0.2, -0.15) is 0 Å². The van der Waals surface area contributed by atoms with Crippen LogP contribution in [0.3, 0.4) is 0 Å². The summed E-state index contributed by atoms with van der Waals surface area (Å²) in [5.74, 6) is 0. The minimum absolute atomic E-state index is 0.0711. The number of aromatic nitrogens is 2. The van der Waals surface area contributed by atoms with E-state index in [4.69, 9.17) is 0 Å². The fourth-order valence-electron chi connectivity index (χ4n) is 1.02. The summed E-state index contributed by atoms with van der Waals surface area (Å²) in [6, 6.07) is 3.60. The number of halogens is 1. The Labute approximate surface area is 70.8 Å². The van der Waals surface area contributed by atoms with Crippen molar-refractivity contribution in [2.75, 3.05) is 0 Å². The van der Waals surface area contributed by atoms with Crippen molar-refractivity contribution in [2.24, 2.45) is 0 Å². The van der Waals surface area contributed by atoms with Crippen LogP contribution in [0.1, 0.15) is 0 Å². The average Bonchev–Trinajstić information content (AvgIpc) is 2.35. The molecule has 0 aliphatic heterocycles. The monoisotopic (exact) mass is 212 g/mol. The van der Waals surface area contributed by atoms with Crippen LogP contribution in [0, 0.1) is 0 Å². The fraction of sp³-hybridized carbons (Fsp3) is 0. The number of nitrogens with one attached hydrogen (secondary N) is 1. The molecule has 0 spiro atoms. The molecule has 0 aliphatic carbocycles. The second kappa shape index (κ2) is 2.23. The Bertz CT molecular complexity index is 443. The average molecular weight is 213 g/mol. The largest absolute Gasteiger partial charge is 0.326 e. The normalized spacial score (nSPS) is 10.6. The minimum Gasteiger partial charge on any atom is -0.326 e. The highest BCUT2D eigenvalue weighted by molar-refractivity contribution is 9.10. The van der Waals surface area contributed by atoms with Gasteiger partial charge in [0, 0.05) is 12.4 Å². The number of hydrogen-bond donors (Lipinski definition) is 1. The smallest absolute Gasteiger partial charge is 0.272 e. The number of aromatic amines is 1. The molecule has 11 heavy (non-hydrogen) atoms. The maximum absolute atomic E-state index is 11.1. The molecule has 2 heterocycles. The number of rotatable bonds is 0. The van der Waals surface area contributed by atoms with E-state index >= 15 is 0 Å². The lowest BCUT2D eigenvalue weighted by molar-refractivity contribution is 1.08. The van der Waals surface area contributed by atoms with Gasteiger partial charge in [-0.05, 0) is 28.1 Å². The quantitative estimate of drug-likeness (QED) is 0.705. The Morgan fingerprint density at radius 3 is 3.00 bits per heavy atom. The summed E-state index contributed by atoms with van der Waals surface area (Å²) in [7, 11) is 0. The molecule has 2 aromatic heterocycles. The summed E-state index contributed by atoms with van der Waals surface area (Å²) in [6.07, 6.45) is 3.40. The van der Waals surface area contributed by atoms with Gasteiger partial charge in [0.05, 0.1) is 4.60 Å². The number of nitrogens with zero attached hydrogens (tertiary/aromatic N) is 1. The molecule has 2 aromatic rings. The van der Waals surface area contributed by atoms with Crippen LogP contribution in [0.5, 0.6) is 0 Å². The van der Waals surface area contributed by atoms with E-state index in [1.54, 1.807) is 22.9 Å². The van der Waals surface area contributed by atoms with Crippen LogP contribution in [0.2, 0.25) is 0 Å². The third-order valence-corrected chi connectivity index (χ3v) is 2.19. The molecule has 0 unspecified atom stereocenters. The van der Waals surface area contributed by atoms with E-state index in [0.717, 1.165) is 4.60 Å². The maximum Gasteiger partial charge on any atom is 0.272 e. The molecule has 0 radical (unpaired) electrons. The van der Waals surface area contributed by atoms with Crippen LogP contribution in [0.4, 0.5) is 0 Å². The van der Waals surface area contributed by atoms with E-state index in [1.807, 2.05) is 6.07 Å². The molecule has 0 aromatic carbocycles. The molecule has 3 nitrogen and oxygen atoms in total. The second-order valence-electron chi connectivity index (χ2n) is 2.20. The van der Waals surface area contributed by atoms with Crippen LogP contribution in [-0.4, -0.2) is 9.38 Å². The van der Waals surface area contributed by atoms with Gasteiger partial charge in [0.15, 0.2) is 0 Å². The van der Waals surface area contributed by atoms with Crippen molar-refractivity contribution in [1.29, 1.82) is 0 Å². The second-order valence-corrected chi connectivity index (χ2v) is 3.01. The number of hydrogen-bond acceptors (Lipinski definition) is 1. The lowest BCUT2D eigenvalue weighted by atomic mass is 10.5. The molecule has 4 heteroatoms. The highest BCUT2D eigenvalue weighted by Gasteiger charge is 1.99. The van der Waals surface area contributed by atoms with Crippen molar-refractivity contribution in [1.82, 2.24) is 9.38 Å². The van der Waals surface area contributed by atoms with Gasteiger partial charge < -0.3 is 9.38 Å².